The molecule has 20 nitrogen and oxygen atoms in total. The number of aromatic hydroxyl groups is 2. The first-order valence-corrected chi connectivity index (χ1v) is 20.7. The number of carboxylic acids is 1. The lowest BCUT2D eigenvalue weighted by molar-refractivity contribution is -0.385. The molecule has 6 amide bonds. The van der Waals surface area contributed by atoms with Crippen molar-refractivity contribution in [1.82, 2.24) is 31.1 Å². The molecule has 1 aliphatic rings. The molecule has 0 aliphatic carbocycles. The number of likely N-dealkylation sites (N-methyl/N-ethyl adjacent to an activating group) is 2. The van der Waals surface area contributed by atoms with E-state index in [4.69, 9.17) is 0 Å². The van der Waals surface area contributed by atoms with Crippen LogP contribution in [0.2, 0.25) is 0 Å². The predicted molar refractivity (Wildman–Crippen MR) is 224 cm³/mol. The molecule has 0 unspecified atom stereocenters. The number of aliphatic hydroxyl groups is 1. The Kier molecular flexibility index (Phi) is 19.1. The van der Waals surface area contributed by atoms with Gasteiger partial charge < -0.3 is 51.5 Å². The quantitative estimate of drug-likeness (QED) is 0.0539. The van der Waals surface area contributed by atoms with Crippen molar-refractivity contribution in [2.45, 2.75) is 122 Å². The number of amides is 6. The van der Waals surface area contributed by atoms with Gasteiger partial charge in [-0.1, -0.05) is 64.4 Å². The van der Waals surface area contributed by atoms with E-state index in [1.165, 1.54) is 71.8 Å². The van der Waals surface area contributed by atoms with Crippen LogP contribution in [-0.4, -0.2) is 128 Å². The minimum Gasteiger partial charge on any atom is -0.507 e. The standard InChI is InChI=1S/C42H59N7O13/c1-6-7-8-9-10-11-12-13-14-15-34(52)47(4)32(23-50)40(57)44-24(2)38(55)43-22-35(53)48(5)36-27-16-17-33(51)28(21-27)29-18-26(20-31(37(29)54)49(61)62)19-30(42(59)60)46-39(56)25(3)45-41(36)58/h16-18,20-21,24-25,30,32,36,50-51,54H,6-15,19,22-23H2,1-5H3,(H,43,55)(H,44,57)(H,45,58)(H,46,56)(H,59,60)/t24-,25+,30+,32-,36+/m1/s1. The number of unbranched alkanes of at least 4 members (excludes halogenated alkanes) is 8. The van der Waals surface area contributed by atoms with Crippen LogP contribution in [0, 0.1) is 10.1 Å². The molecule has 1 aliphatic heterocycles. The molecule has 340 valence electrons. The Hall–Kier alpha value is -6.31. The van der Waals surface area contributed by atoms with Gasteiger partial charge in [0.2, 0.25) is 41.2 Å². The van der Waals surface area contributed by atoms with E-state index in [0.29, 0.717) is 6.42 Å². The van der Waals surface area contributed by atoms with E-state index in [1.807, 2.05) is 0 Å². The molecule has 2 aromatic carbocycles. The molecule has 3 rings (SSSR count). The summed E-state index contributed by atoms with van der Waals surface area (Å²) in [6.07, 6.45) is 9.22. The molecule has 20 heteroatoms. The number of aliphatic carboxylic acids is 1. The zero-order valence-electron chi connectivity index (χ0n) is 35.8. The Labute approximate surface area is 359 Å². The third-order valence-electron chi connectivity index (χ3n) is 10.8. The van der Waals surface area contributed by atoms with Gasteiger partial charge in [-0.05, 0) is 49.6 Å². The number of phenolic OH excluding ortho intramolecular Hbond substituents is 2. The molecular weight excluding hydrogens is 810 g/mol. The second-order valence-electron chi connectivity index (χ2n) is 15.5. The normalized spacial score (nSPS) is 17.3. The third kappa shape index (κ3) is 13.6. The summed E-state index contributed by atoms with van der Waals surface area (Å²) in [7, 11) is 2.58. The number of hydrogen-bond donors (Lipinski definition) is 8. The Morgan fingerprint density at radius 3 is 2.11 bits per heavy atom. The van der Waals surface area contributed by atoms with E-state index < -0.39 is 107 Å². The summed E-state index contributed by atoms with van der Waals surface area (Å²) in [5.74, 6) is -7.69. The number of carbonyl (C=O) groups excluding carboxylic acids is 6. The molecule has 8 N–H and O–H groups in total. The maximum absolute atomic E-state index is 13.9. The number of nitrogens with one attached hydrogen (secondary N) is 4. The molecule has 1 heterocycles. The molecule has 62 heavy (non-hydrogen) atoms. The summed E-state index contributed by atoms with van der Waals surface area (Å²) in [6, 6.07) is -1.52. The summed E-state index contributed by atoms with van der Waals surface area (Å²) in [5.41, 5.74) is -1.39. The smallest absolute Gasteiger partial charge is 0.326 e. The summed E-state index contributed by atoms with van der Waals surface area (Å²) in [4.78, 5) is 105. The summed E-state index contributed by atoms with van der Waals surface area (Å²) < 4.78 is 0. The lowest BCUT2D eigenvalue weighted by Crippen LogP contribution is -2.55. The van der Waals surface area contributed by atoms with Gasteiger partial charge in [-0.3, -0.25) is 38.9 Å². The van der Waals surface area contributed by atoms with Gasteiger partial charge in [0.05, 0.1) is 18.1 Å². The molecule has 4 bridgehead atoms. The van der Waals surface area contributed by atoms with Crippen molar-refractivity contribution in [3.63, 3.8) is 0 Å². The van der Waals surface area contributed by atoms with Gasteiger partial charge in [0.15, 0.2) is 0 Å². The second kappa shape index (κ2) is 23.6. The fourth-order valence-electron chi connectivity index (χ4n) is 7.00. The zero-order valence-corrected chi connectivity index (χ0v) is 35.8. The van der Waals surface area contributed by atoms with E-state index in [-0.39, 0.29) is 34.6 Å². The summed E-state index contributed by atoms with van der Waals surface area (Å²) >= 11 is 0. The van der Waals surface area contributed by atoms with Crippen LogP contribution in [0.1, 0.15) is 102 Å². The van der Waals surface area contributed by atoms with Gasteiger partial charge in [-0.25, -0.2) is 4.79 Å². The number of nitro benzene ring substituents is 1. The highest BCUT2D eigenvalue weighted by atomic mass is 16.6. The van der Waals surface area contributed by atoms with Gasteiger partial charge in [0, 0.05) is 44.1 Å². The number of rotatable bonds is 20. The van der Waals surface area contributed by atoms with Crippen LogP contribution < -0.4 is 21.3 Å². The number of carboxylic acid groups (broad SMARTS) is 1. The van der Waals surface area contributed by atoms with E-state index in [0.717, 1.165) is 47.6 Å². The van der Waals surface area contributed by atoms with Crippen LogP contribution in [0.3, 0.4) is 0 Å². The van der Waals surface area contributed by atoms with Crippen LogP contribution in [0.4, 0.5) is 5.69 Å². The number of nitrogens with zero attached hydrogens (tertiary/aromatic N) is 3. The van der Waals surface area contributed by atoms with Gasteiger partial charge >= 0.3 is 11.7 Å². The number of fused-ring (bicyclic) bond motifs is 5. The topological polar surface area (TPSA) is 298 Å². The average molecular weight is 870 g/mol. The molecule has 0 saturated heterocycles. The summed E-state index contributed by atoms with van der Waals surface area (Å²) in [5, 5.41) is 63.1. The molecule has 0 spiro atoms. The Morgan fingerprint density at radius 1 is 0.887 bits per heavy atom. The van der Waals surface area contributed by atoms with Crippen molar-refractivity contribution in [1.29, 1.82) is 0 Å². The fraction of sp³-hybridized carbons (Fsp3) is 0.548. The van der Waals surface area contributed by atoms with Crippen LogP contribution in [-0.2, 0) is 40.0 Å². The van der Waals surface area contributed by atoms with E-state index in [2.05, 4.69) is 28.2 Å². The Balaban J connectivity index is 1.77. The molecule has 0 fully saturated rings. The van der Waals surface area contributed by atoms with Crippen LogP contribution in [0.15, 0.2) is 30.3 Å². The number of nitro groups is 1. The molecule has 5 atom stereocenters. The maximum atomic E-state index is 13.9. The Bertz CT molecular complexity index is 1980. The van der Waals surface area contributed by atoms with Crippen LogP contribution in [0.5, 0.6) is 11.5 Å². The van der Waals surface area contributed by atoms with Crippen molar-refractivity contribution in [3.8, 4) is 22.6 Å². The highest BCUT2D eigenvalue weighted by Gasteiger charge is 2.35. The fourth-order valence-corrected chi connectivity index (χ4v) is 7.00. The predicted octanol–water partition coefficient (Wildman–Crippen LogP) is 2.16. The zero-order chi connectivity index (χ0) is 46.3. The van der Waals surface area contributed by atoms with Crippen molar-refractivity contribution >= 4 is 47.1 Å². The molecule has 0 radical (unpaired) electrons. The number of aliphatic hydroxyl groups excluding tert-OH is 1. The molecule has 0 aromatic heterocycles. The first-order chi connectivity index (χ1) is 29.3. The molecule has 2 aromatic rings. The van der Waals surface area contributed by atoms with E-state index in [1.54, 1.807) is 0 Å². The van der Waals surface area contributed by atoms with Gasteiger partial charge in [0.1, 0.15) is 36.0 Å². The minimum atomic E-state index is -1.65. The third-order valence-corrected chi connectivity index (χ3v) is 10.8. The van der Waals surface area contributed by atoms with E-state index in [9.17, 15) is 64.1 Å². The number of phenols is 2. The molecule has 0 saturated carbocycles. The van der Waals surface area contributed by atoms with Crippen LogP contribution in [0.25, 0.3) is 11.1 Å². The monoisotopic (exact) mass is 869 g/mol. The maximum Gasteiger partial charge on any atom is 0.326 e. The lowest BCUT2D eigenvalue weighted by atomic mass is 9.93. The Morgan fingerprint density at radius 2 is 1.52 bits per heavy atom. The minimum absolute atomic E-state index is 0.00232. The highest BCUT2D eigenvalue weighted by molar-refractivity contribution is 5.96. The SMILES string of the molecule is CCCCCCCCCCCC(=O)N(C)[C@H](CO)C(=O)N[C@H](C)C(=O)NCC(=O)N(C)[C@@H]1C(=O)N[C@@H](C)C(=O)N[C@H](C(=O)O)Cc2cc(c(O)c([N+](=O)[O-])c2)-c2cc1ccc2O. The first-order valence-electron chi connectivity index (χ1n) is 20.7. The lowest BCUT2D eigenvalue weighted by Gasteiger charge is -2.30. The summed E-state index contributed by atoms with van der Waals surface area (Å²) in [6.45, 7) is 3.30. The van der Waals surface area contributed by atoms with Crippen molar-refractivity contribution in [3.05, 3.63) is 51.6 Å². The van der Waals surface area contributed by atoms with Crippen LogP contribution >= 0.6 is 0 Å². The number of hydrogen-bond acceptors (Lipinski definition) is 12. The highest BCUT2D eigenvalue weighted by Crippen LogP contribution is 2.43. The van der Waals surface area contributed by atoms with E-state index >= 15 is 0 Å². The van der Waals surface area contributed by atoms with Gasteiger partial charge in [-0.15, -0.1) is 0 Å². The largest absolute Gasteiger partial charge is 0.507 e. The second-order valence-corrected chi connectivity index (χ2v) is 15.5. The average Bonchev–Trinajstić information content (AvgIpc) is 3.22. The van der Waals surface area contributed by atoms with Gasteiger partial charge in [-0.2, -0.15) is 0 Å². The van der Waals surface area contributed by atoms with Crippen molar-refractivity contribution in [2.24, 2.45) is 0 Å². The van der Waals surface area contributed by atoms with Crippen molar-refractivity contribution < 1.29 is 58.9 Å². The first kappa shape index (κ1) is 50.0. The number of carbonyl (C=O) groups is 7. The number of benzene rings is 2. The van der Waals surface area contributed by atoms with Crippen molar-refractivity contribution in [2.75, 3.05) is 27.2 Å². The van der Waals surface area contributed by atoms with Gasteiger partial charge in [0.25, 0.3) is 0 Å². The molecular formula is C42H59N7O13.